The first kappa shape index (κ1) is 12.9. The number of carbonyl (C=O) groups is 1. The molecule has 17 heavy (non-hydrogen) atoms. The Morgan fingerprint density at radius 3 is 3.00 bits per heavy atom. The topological polar surface area (TPSA) is 87.1 Å². The largest absolute Gasteiger partial charge is 0.496 e. The highest BCUT2D eigenvalue weighted by Gasteiger charge is 2.06. The normalized spacial score (nSPS) is 9.24. The standard InChI is InChI=1S/C11H14N4O2/c1-17-10-5-3-2-4-9(10)8-11(16)13-6-7-14-15-12/h2-5H,6-8H2,1H3,(H,13,16). The lowest BCUT2D eigenvalue weighted by Crippen LogP contribution is -2.27. The summed E-state index contributed by atoms with van der Waals surface area (Å²) in [5, 5.41) is 5.98. The first-order valence-corrected chi connectivity index (χ1v) is 5.17. The van der Waals surface area contributed by atoms with Gasteiger partial charge in [0.2, 0.25) is 5.91 Å². The average molecular weight is 234 g/mol. The van der Waals surface area contributed by atoms with Crippen molar-refractivity contribution in [2.24, 2.45) is 5.11 Å². The van der Waals surface area contributed by atoms with Gasteiger partial charge in [-0.05, 0) is 11.6 Å². The second-order valence-electron chi connectivity index (χ2n) is 3.29. The van der Waals surface area contributed by atoms with Gasteiger partial charge in [0, 0.05) is 23.6 Å². The molecule has 1 amide bonds. The molecule has 0 spiro atoms. The van der Waals surface area contributed by atoms with Crippen LogP contribution in [0.3, 0.4) is 0 Å². The molecule has 0 saturated carbocycles. The molecule has 0 fully saturated rings. The molecule has 1 aromatic rings. The van der Waals surface area contributed by atoms with Crippen molar-refractivity contribution in [3.63, 3.8) is 0 Å². The molecule has 90 valence electrons. The molecular weight excluding hydrogens is 220 g/mol. The fourth-order valence-electron chi connectivity index (χ4n) is 1.37. The van der Waals surface area contributed by atoms with Crippen LogP contribution < -0.4 is 10.1 Å². The summed E-state index contributed by atoms with van der Waals surface area (Å²) in [4.78, 5) is 14.1. The van der Waals surface area contributed by atoms with Crippen LogP contribution in [0.5, 0.6) is 5.75 Å². The number of hydrogen-bond donors (Lipinski definition) is 1. The molecule has 0 aromatic heterocycles. The van der Waals surface area contributed by atoms with Gasteiger partial charge in [0.25, 0.3) is 0 Å². The number of para-hydroxylation sites is 1. The third kappa shape index (κ3) is 4.44. The van der Waals surface area contributed by atoms with Crippen molar-refractivity contribution < 1.29 is 9.53 Å². The van der Waals surface area contributed by atoms with Crippen LogP contribution in [0.25, 0.3) is 10.4 Å². The van der Waals surface area contributed by atoms with Gasteiger partial charge in [-0.2, -0.15) is 0 Å². The van der Waals surface area contributed by atoms with Crippen molar-refractivity contribution in [2.45, 2.75) is 6.42 Å². The lowest BCUT2D eigenvalue weighted by molar-refractivity contribution is -0.120. The Bertz CT molecular complexity index is 427. The molecule has 6 heteroatoms. The van der Waals surface area contributed by atoms with Gasteiger partial charge in [-0.15, -0.1) is 0 Å². The van der Waals surface area contributed by atoms with Crippen LogP contribution in [0.2, 0.25) is 0 Å². The van der Waals surface area contributed by atoms with Gasteiger partial charge in [0.1, 0.15) is 5.75 Å². The summed E-state index contributed by atoms with van der Waals surface area (Å²) in [6.07, 6.45) is 0.250. The minimum atomic E-state index is -0.123. The van der Waals surface area contributed by atoms with E-state index in [-0.39, 0.29) is 18.9 Å². The van der Waals surface area contributed by atoms with Gasteiger partial charge < -0.3 is 10.1 Å². The maximum absolute atomic E-state index is 11.5. The lowest BCUT2D eigenvalue weighted by Gasteiger charge is -2.07. The van der Waals surface area contributed by atoms with E-state index >= 15 is 0 Å². The van der Waals surface area contributed by atoms with Crippen molar-refractivity contribution >= 4 is 5.91 Å². The minimum Gasteiger partial charge on any atom is -0.496 e. The maximum Gasteiger partial charge on any atom is 0.224 e. The van der Waals surface area contributed by atoms with E-state index in [4.69, 9.17) is 10.3 Å². The number of rotatable bonds is 6. The molecule has 1 rings (SSSR count). The van der Waals surface area contributed by atoms with Crippen LogP contribution in [0.15, 0.2) is 29.4 Å². The fourth-order valence-corrected chi connectivity index (χ4v) is 1.37. The monoisotopic (exact) mass is 234 g/mol. The third-order valence-electron chi connectivity index (χ3n) is 2.14. The summed E-state index contributed by atoms with van der Waals surface area (Å²) in [5.74, 6) is 0.570. The van der Waals surface area contributed by atoms with Gasteiger partial charge in [0.15, 0.2) is 0 Å². The fraction of sp³-hybridized carbons (Fsp3) is 0.364. The van der Waals surface area contributed by atoms with E-state index in [1.807, 2.05) is 24.3 Å². The Morgan fingerprint density at radius 2 is 2.29 bits per heavy atom. The van der Waals surface area contributed by atoms with Crippen LogP contribution in [-0.2, 0) is 11.2 Å². The summed E-state index contributed by atoms with van der Waals surface area (Å²) in [7, 11) is 1.57. The molecule has 1 N–H and O–H groups in total. The number of methoxy groups -OCH3 is 1. The predicted octanol–water partition coefficient (Wildman–Crippen LogP) is 1.66. The van der Waals surface area contributed by atoms with Crippen LogP contribution in [0, 0.1) is 0 Å². The lowest BCUT2D eigenvalue weighted by atomic mass is 10.1. The Morgan fingerprint density at radius 1 is 1.53 bits per heavy atom. The third-order valence-corrected chi connectivity index (χ3v) is 2.14. The quantitative estimate of drug-likeness (QED) is 0.351. The highest BCUT2D eigenvalue weighted by molar-refractivity contribution is 5.79. The van der Waals surface area contributed by atoms with Gasteiger partial charge in [-0.1, -0.05) is 23.3 Å². The molecule has 0 aliphatic carbocycles. The highest BCUT2D eigenvalue weighted by atomic mass is 16.5. The average Bonchev–Trinajstić information content (AvgIpc) is 2.35. The van der Waals surface area contributed by atoms with E-state index in [0.717, 1.165) is 5.56 Å². The Kier molecular flexibility index (Phi) is 5.40. The Labute approximate surface area is 99.2 Å². The SMILES string of the molecule is COc1ccccc1CC(=O)NCCN=[N+]=[N-]. The van der Waals surface area contributed by atoms with Crippen molar-refractivity contribution in [1.29, 1.82) is 0 Å². The van der Waals surface area contributed by atoms with E-state index in [0.29, 0.717) is 12.3 Å². The smallest absolute Gasteiger partial charge is 0.224 e. The number of nitrogens with zero attached hydrogens (tertiary/aromatic N) is 3. The molecule has 0 aliphatic heterocycles. The van der Waals surface area contributed by atoms with Crippen molar-refractivity contribution in [3.05, 3.63) is 40.3 Å². The predicted molar refractivity (Wildman–Crippen MR) is 63.7 cm³/mol. The van der Waals surface area contributed by atoms with Crippen LogP contribution in [0.1, 0.15) is 5.56 Å². The molecule has 0 saturated heterocycles. The molecule has 0 unspecified atom stereocenters. The number of benzene rings is 1. The molecule has 0 aliphatic rings. The zero-order chi connectivity index (χ0) is 12.5. The molecule has 0 bridgehead atoms. The summed E-state index contributed by atoms with van der Waals surface area (Å²) in [6.45, 7) is 0.603. The first-order valence-electron chi connectivity index (χ1n) is 5.17. The van der Waals surface area contributed by atoms with Gasteiger partial charge >= 0.3 is 0 Å². The van der Waals surface area contributed by atoms with E-state index in [1.165, 1.54) is 0 Å². The first-order chi connectivity index (χ1) is 8.27. The molecular formula is C11H14N4O2. The molecule has 0 atom stereocenters. The second-order valence-corrected chi connectivity index (χ2v) is 3.29. The summed E-state index contributed by atoms with van der Waals surface area (Å²) in [6, 6.07) is 7.35. The van der Waals surface area contributed by atoms with Crippen molar-refractivity contribution in [3.8, 4) is 5.75 Å². The molecule has 1 aromatic carbocycles. The number of azide groups is 1. The van der Waals surface area contributed by atoms with Crippen molar-refractivity contribution in [1.82, 2.24) is 5.32 Å². The van der Waals surface area contributed by atoms with Crippen LogP contribution in [-0.4, -0.2) is 26.1 Å². The van der Waals surface area contributed by atoms with Crippen LogP contribution >= 0.6 is 0 Å². The molecule has 0 radical (unpaired) electrons. The van der Waals surface area contributed by atoms with Gasteiger partial charge in [-0.25, -0.2) is 0 Å². The summed E-state index contributed by atoms with van der Waals surface area (Å²) < 4.78 is 5.14. The minimum absolute atomic E-state index is 0.123. The zero-order valence-electron chi connectivity index (χ0n) is 9.59. The molecule has 6 nitrogen and oxygen atoms in total. The van der Waals surface area contributed by atoms with E-state index in [1.54, 1.807) is 7.11 Å². The Balaban J connectivity index is 2.47. The number of ether oxygens (including phenoxy) is 1. The van der Waals surface area contributed by atoms with E-state index in [9.17, 15) is 4.79 Å². The van der Waals surface area contributed by atoms with E-state index < -0.39 is 0 Å². The summed E-state index contributed by atoms with van der Waals surface area (Å²) in [5.41, 5.74) is 8.89. The van der Waals surface area contributed by atoms with Gasteiger partial charge in [-0.3, -0.25) is 4.79 Å². The second kappa shape index (κ2) is 7.14. The number of nitrogens with one attached hydrogen (secondary N) is 1. The zero-order valence-corrected chi connectivity index (χ0v) is 9.59. The summed E-state index contributed by atoms with van der Waals surface area (Å²) >= 11 is 0. The Hall–Kier alpha value is -2.20. The number of amides is 1. The van der Waals surface area contributed by atoms with Crippen LogP contribution in [0.4, 0.5) is 0 Å². The van der Waals surface area contributed by atoms with Gasteiger partial charge in [0.05, 0.1) is 13.5 Å². The van der Waals surface area contributed by atoms with Crippen molar-refractivity contribution in [2.75, 3.05) is 20.2 Å². The maximum atomic E-state index is 11.5. The highest BCUT2D eigenvalue weighted by Crippen LogP contribution is 2.17. The molecule has 0 heterocycles. The van der Waals surface area contributed by atoms with E-state index in [2.05, 4.69) is 15.3 Å². The number of hydrogen-bond acceptors (Lipinski definition) is 3. The number of carbonyl (C=O) groups excluding carboxylic acids is 1.